The number of hydrogen-bond acceptors (Lipinski definition) is 5. The van der Waals surface area contributed by atoms with Gasteiger partial charge in [0.2, 0.25) is 0 Å². The zero-order chi connectivity index (χ0) is 18.0. The van der Waals surface area contributed by atoms with Crippen molar-refractivity contribution in [2.24, 2.45) is 0 Å². The zero-order valence-corrected chi connectivity index (χ0v) is 15.6. The molecule has 2 saturated heterocycles. The van der Waals surface area contributed by atoms with E-state index in [0.29, 0.717) is 5.69 Å². The fourth-order valence-electron chi connectivity index (χ4n) is 4.25. The smallest absolute Gasteiger partial charge is 0.274 e. The Labute approximate surface area is 155 Å². The lowest BCUT2D eigenvalue weighted by atomic mass is 9.87. The van der Waals surface area contributed by atoms with E-state index >= 15 is 0 Å². The molecule has 0 unspecified atom stereocenters. The van der Waals surface area contributed by atoms with Crippen LogP contribution in [0.1, 0.15) is 55.9 Å². The fourth-order valence-corrected chi connectivity index (χ4v) is 4.25. The predicted molar refractivity (Wildman–Crippen MR) is 100 cm³/mol. The molecule has 6 heteroatoms. The van der Waals surface area contributed by atoms with E-state index in [4.69, 9.17) is 4.74 Å². The highest BCUT2D eigenvalue weighted by atomic mass is 16.5. The van der Waals surface area contributed by atoms with Crippen molar-refractivity contribution >= 4 is 11.7 Å². The first-order valence-corrected chi connectivity index (χ1v) is 9.84. The summed E-state index contributed by atoms with van der Waals surface area (Å²) < 4.78 is 6.10. The van der Waals surface area contributed by atoms with Crippen LogP contribution in [0.3, 0.4) is 0 Å². The highest BCUT2D eigenvalue weighted by Gasteiger charge is 2.36. The minimum atomic E-state index is -0.104. The molecular weight excluding hydrogens is 328 g/mol. The monoisotopic (exact) mass is 356 g/mol. The second-order valence-corrected chi connectivity index (χ2v) is 7.76. The molecule has 1 aromatic rings. The van der Waals surface area contributed by atoms with Gasteiger partial charge in [0, 0.05) is 26.2 Å². The van der Waals surface area contributed by atoms with Gasteiger partial charge in [0.25, 0.3) is 5.91 Å². The van der Waals surface area contributed by atoms with Crippen LogP contribution in [0.4, 0.5) is 5.82 Å². The number of nitrogens with zero attached hydrogens (tertiary/aromatic N) is 4. The van der Waals surface area contributed by atoms with E-state index in [1.165, 1.54) is 12.0 Å². The molecule has 4 rings (SSSR count). The molecule has 0 atom stereocenters. The number of piperidine rings is 2. The molecule has 140 valence electrons. The van der Waals surface area contributed by atoms with Crippen molar-refractivity contribution in [3.05, 3.63) is 29.7 Å². The zero-order valence-electron chi connectivity index (χ0n) is 15.6. The van der Waals surface area contributed by atoms with Gasteiger partial charge in [-0.25, -0.2) is 4.98 Å². The summed E-state index contributed by atoms with van der Waals surface area (Å²) in [7, 11) is 0. The Balaban J connectivity index is 1.44. The third-order valence-corrected chi connectivity index (χ3v) is 5.81. The lowest BCUT2D eigenvalue weighted by Crippen LogP contribution is -2.47. The summed E-state index contributed by atoms with van der Waals surface area (Å²) in [4.78, 5) is 25.8. The highest BCUT2D eigenvalue weighted by Crippen LogP contribution is 2.34. The number of rotatable bonds is 2. The summed E-state index contributed by atoms with van der Waals surface area (Å²) in [6, 6.07) is 0. The molecule has 1 aromatic heterocycles. The summed E-state index contributed by atoms with van der Waals surface area (Å²) in [6.45, 7) is 6.43. The van der Waals surface area contributed by atoms with Crippen LogP contribution in [0.25, 0.3) is 0 Å². The largest absolute Gasteiger partial charge is 0.370 e. The van der Waals surface area contributed by atoms with Crippen LogP contribution in [-0.4, -0.2) is 59.2 Å². The van der Waals surface area contributed by atoms with Crippen molar-refractivity contribution in [2.45, 2.75) is 51.0 Å². The van der Waals surface area contributed by atoms with Gasteiger partial charge in [-0.15, -0.1) is 0 Å². The third-order valence-electron chi connectivity index (χ3n) is 5.81. The van der Waals surface area contributed by atoms with E-state index in [1.807, 2.05) is 4.90 Å². The van der Waals surface area contributed by atoms with Gasteiger partial charge in [-0.2, -0.15) is 0 Å². The number of ether oxygens (including phenoxy) is 1. The van der Waals surface area contributed by atoms with Gasteiger partial charge in [-0.05, 0) is 45.4 Å². The van der Waals surface area contributed by atoms with Crippen LogP contribution in [0.5, 0.6) is 0 Å². The SMILES string of the molecule is CC1=CC2(CCN(c3cncc(C(=O)N4CCCCC4)n3)CC2)OCC1. The van der Waals surface area contributed by atoms with Gasteiger partial charge in [0.1, 0.15) is 11.5 Å². The van der Waals surface area contributed by atoms with Crippen LogP contribution in [0, 0.1) is 0 Å². The van der Waals surface area contributed by atoms with Crippen molar-refractivity contribution in [1.82, 2.24) is 14.9 Å². The quantitative estimate of drug-likeness (QED) is 0.763. The van der Waals surface area contributed by atoms with E-state index in [1.54, 1.807) is 12.4 Å². The molecule has 6 nitrogen and oxygen atoms in total. The number of anilines is 1. The van der Waals surface area contributed by atoms with E-state index in [0.717, 1.165) is 70.7 Å². The number of likely N-dealkylation sites (tertiary alicyclic amines) is 1. The number of carbonyl (C=O) groups is 1. The van der Waals surface area contributed by atoms with Gasteiger partial charge < -0.3 is 14.5 Å². The second kappa shape index (κ2) is 7.35. The van der Waals surface area contributed by atoms with Crippen molar-refractivity contribution in [2.75, 3.05) is 37.7 Å². The van der Waals surface area contributed by atoms with E-state index in [-0.39, 0.29) is 11.5 Å². The number of amides is 1. The molecule has 2 fully saturated rings. The van der Waals surface area contributed by atoms with Crippen LogP contribution in [-0.2, 0) is 4.74 Å². The molecular formula is C20H28N4O2. The molecule has 1 spiro atoms. The van der Waals surface area contributed by atoms with E-state index in [9.17, 15) is 4.79 Å². The number of hydrogen-bond donors (Lipinski definition) is 0. The Hall–Kier alpha value is -1.95. The van der Waals surface area contributed by atoms with Gasteiger partial charge in [0.05, 0.1) is 24.6 Å². The normalized spacial score (nSPS) is 23.0. The van der Waals surface area contributed by atoms with Gasteiger partial charge in [-0.3, -0.25) is 9.78 Å². The molecule has 26 heavy (non-hydrogen) atoms. The number of aromatic nitrogens is 2. The highest BCUT2D eigenvalue weighted by molar-refractivity contribution is 5.92. The second-order valence-electron chi connectivity index (χ2n) is 7.76. The average molecular weight is 356 g/mol. The maximum Gasteiger partial charge on any atom is 0.274 e. The molecule has 0 radical (unpaired) electrons. The Morgan fingerprint density at radius 2 is 1.88 bits per heavy atom. The maximum atomic E-state index is 12.7. The first kappa shape index (κ1) is 17.5. The topological polar surface area (TPSA) is 58.6 Å². The maximum absolute atomic E-state index is 12.7. The molecule has 0 aromatic carbocycles. The average Bonchev–Trinajstić information content (AvgIpc) is 2.69. The van der Waals surface area contributed by atoms with Gasteiger partial charge in [-0.1, -0.05) is 11.6 Å². The van der Waals surface area contributed by atoms with Crippen LogP contribution >= 0.6 is 0 Å². The van der Waals surface area contributed by atoms with Crippen LogP contribution in [0.15, 0.2) is 24.0 Å². The summed E-state index contributed by atoms with van der Waals surface area (Å²) in [5, 5.41) is 0. The van der Waals surface area contributed by atoms with Gasteiger partial charge >= 0.3 is 0 Å². The Bertz CT molecular complexity index is 689. The Morgan fingerprint density at radius 1 is 1.12 bits per heavy atom. The van der Waals surface area contributed by atoms with Crippen molar-refractivity contribution in [1.29, 1.82) is 0 Å². The first-order chi connectivity index (χ1) is 12.7. The molecule has 1 amide bonds. The molecule has 3 aliphatic rings. The summed E-state index contributed by atoms with van der Waals surface area (Å²) in [5.74, 6) is 0.820. The van der Waals surface area contributed by atoms with Crippen molar-refractivity contribution in [3.63, 3.8) is 0 Å². The lowest BCUT2D eigenvalue weighted by molar-refractivity contribution is -0.0326. The fraction of sp³-hybridized carbons (Fsp3) is 0.650. The molecule has 4 heterocycles. The third kappa shape index (κ3) is 3.61. The molecule has 0 saturated carbocycles. The van der Waals surface area contributed by atoms with Crippen LogP contribution in [0.2, 0.25) is 0 Å². The van der Waals surface area contributed by atoms with Gasteiger partial charge in [0.15, 0.2) is 0 Å². The van der Waals surface area contributed by atoms with E-state index in [2.05, 4.69) is 27.9 Å². The lowest BCUT2D eigenvalue weighted by Gasteiger charge is -2.42. The number of carbonyl (C=O) groups excluding carboxylic acids is 1. The molecule has 0 N–H and O–H groups in total. The summed E-state index contributed by atoms with van der Waals surface area (Å²) in [6.07, 6.45) is 12.0. The first-order valence-electron chi connectivity index (χ1n) is 9.84. The summed E-state index contributed by atoms with van der Waals surface area (Å²) >= 11 is 0. The minimum Gasteiger partial charge on any atom is -0.370 e. The Morgan fingerprint density at radius 3 is 2.62 bits per heavy atom. The van der Waals surface area contributed by atoms with E-state index < -0.39 is 0 Å². The summed E-state index contributed by atoms with van der Waals surface area (Å²) in [5.41, 5.74) is 1.79. The minimum absolute atomic E-state index is 0.0155. The Kier molecular flexibility index (Phi) is 4.94. The molecule has 3 aliphatic heterocycles. The predicted octanol–water partition coefficient (Wildman–Crippen LogP) is 2.81. The molecule has 0 aliphatic carbocycles. The van der Waals surface area contributed by atoms with Crippen molar-refractivity contribution in [3.8, 4) is 0 Å². The molecule has 0 bridgehead atoms. The van der Waals surface area contributed by atoms with Crippen molar-refractivity contribution < 1.29 is 9.53 Å². The van der Waals surface area contributed by atoms with Crippen LogP contribution < -0.4 is 4.90 Å². The standard InChI is InChI=1S/C20H28N4O2/c1-16-5-12-26-20(13-16)6-10-23(11-7-20)18-15-21-14-17(22-18)19(25)24-8-3-2-4-9-24/h13-15H,2-12H2,1H3.